The fourth-order valence-electron chi connectivity index (χ4n) is 4.10. The van der Waals surface area contributed by atoms with Crippen molar-refractivity contribution in [3.05, 3.63) is 93.7 Å². The highest BCUT2D eigenvalue weighted by Crippen LogP contribution is 2.42. The zero-order valence-electron chi connectivity index (χ0n) is 17.4. The summed E-state index contributed by atoms with van der Waals surface area (Å²) in [6, 6.07) is 15.1. The van der Waals surface area contributed by atoms with Gasteiger partial charge in [0.05, 0.1) is 11.6 Å². The number of fused-ring (bicyclic) bond motifs is 1. The number of ether oxygens (including phenoxy) is 2. The molecular weight excluding hydrogens is 488 g/mol. The smallest absolute Gasteiger partial charge is 0.295 e. The summed E-state index contributed by atoms with van der Waals surface area (Å²) in [6.07, 6.45) is 3.27. The molecule has 1 amide bonds. The maximum absolute atomic E-state index is 13.2. The van der Waals surface area contributed by atoms with Crippen molar-refractivity contribution in [2.24, 2.45) is 0 Å². The van der Waals surface area contributed by atoms with Crippen molar-refractivity contribution in [2.45, 2.75) is 12.6 Å². The van der Waals surface area contributed by atoms with Crippen LogP contribution in [-0.2, 0) is 16.1 Å². The van der Waals surface area contributed by atoms with E-state index in [1.165, 1.54) is 4.90 Å². The van der Waals surface area contributed by atoms with Crippen LogP contribution in [0, 0.1) is 0 Å². The minimum atomic E-state index is -0.760. The Morgan fingerprint density at radius 2 is 1.79 bits per heavy atom. The largest absolute Gasteiger partial charge is 0.507 e. The number of nitrogens with zero attached hydrogens (tertiary/aromatic N) is 2. The highest BCUT2D eigenvalue weighted by molar-refractivity contribution is 9.10. The summed E-state index contributed by atoms with van der Waals surface area (Å²) < 4.78 is 12.0. The molecule has 33 heavy (non-hydrogen) atoms. The molecule has 3 aromatic rings. The first-order valence-electron chi connectivity index (χ1n) is 10.4. The van der Waals surface area contributed by atoms with E-state index in [1.54, 1.807) is 42.7 Å². The van der Waals surface area contributed by atoms with Crippen LogP contribution in [0.2, 0.25) is 0 Å². The van der Waals surface area contributed by atoms with Gasteiger partial charge in [-0.15, -0.1) is 0 Å². The number of carbonyl (C=O) groups excluding carboxylic acids is 2. The van der Waals surface area contributed by atoms with Crippen molar-refractivity contribution in [3.8, 4) is 11.5 Å². The van der Waals surface area contributed by atoms with Crippen LogP contribution in [0.25, 0.3) is 5.76 Å². The Morgan fingerprint density at radius 1 is 1.03 bits per heavy atom. The molecule has 0 spiro atoms. The van der Waals surface area contributed by atoms with Crippen LogP contribution in [-0.4, -0.2) is 39.9 Å². The second kappa shape index (κ2) is 8.71. The molecule has 0 aliphatic carbocycles. The minimum absolute atomic E-state index is 0.0313. The molecule has 1 N–H and O–H groups in total. The maximum Gasteiger partial charge on any atom is 0.295 e. The van der Waals surface area contributed by atoms with Crippen LogP contribution in [0.15, 0.2) is 77.0 Å². The highest BCUT2D eigenvalue weighted by atomic mass is 79.9. The molecule has 0 saturated carbocycles. The minimum Gasteiger partial charge on any atom is -0.507 e. The number of ketones is 1. The number of aromatic nitrogens is 1. The van der Waals surface area contributed by atoms with E-state index in [4.69, 9.17) is 9.47 Å². The number of benzene rings is 2. The summed E-state index contributed by atoms with van der Waals surface area (Å²) in [5.41, 5.74) is 1.94. The zero-order chi connectivity index (χ0) is 22.9. The first-order valence-corrected chi connectivity index (χ1v) is 11.1. The lowest BCUT2D eigenvalue weighted by atomic mass is 9.95. The van der Waals surface area contributed by atoms with Gasteiger partial charge in [-0.05, 0) is 53.6 Å². The van der Waals surface area contributed by atoms with Crippen molar-refractivity contribution < 1.29 is 24.2 Å². The van der Waals surface area contributed by atoms with Crippen LogP contribution >= 0.6 is 15.9 Å². The number of halogens is 1. The van der Waals surface area contributed by atoms with Crippen molar-refractivity contribution in [2.75, 3.05) is 13.2 Å². The molecular formula is C25H19BrN2O5. The predicted octanol–water partition coefficient (Wildman–Crippen LogP) is 4.24. The van der Waals surface area contributed by atoms with Crippen LogP contribution in [0.3, 0.4) is 0 Å². The lowest BCUT2D eigenvalue weighted by Crippen LogP contribution is -2.29. The number of likely N-dealkylation sites (tertiary alicyclic amines) is 1. The molecule has 0 bridgehead atoms. The normalized spacial score (nSPS) is 19.1. The Morgan fingerprint density at radius 3 is 2.55 bits per heavy atom. The predicted molar refractivity (Wildman–Crippen MR) is 124 cm³/mol. The molecule has 7 nitrogen and oxygen atoms in total. The average Bonchev–Trinajstić information content (AvgIpc) is 3.09. The summed E-state index contributed by atoms with van der Waals surface area (Å²) >= 11 is 3.46. The van der Waals surface area contributed by atoms with Gasteiger partial charge in [-0.3, -0.25) is 14.6 Å². The molecule has 2 aliphatic rings. The SMILES string of the molecule is O=C1C(=O)N(Cc2ccncc2)C(c2cccc(Br)c2)/C1=C(\O)c1ccc2c(c1)OCCO2. The van der Waals surface area contributed by atoms with Gasteiger partial charge in [-0.1, -0.05) is 28.1 Å². The number of amides is 1. The summed E-state index contributed by atoms with van der Waals surface area (Å²) in [5, 5.41) is 11.3. The first kappa shape index (κ1) is 21.2. The van der Waals surface area contributed by atoms with Gasteiger partial charge in [0.25, 0.3) is 11.7 Å². The number of hydrogen-bond donors (Lipinski definition) is 1. The molecule has 1 atom stereocenters. The molecule has 3 heterocycles. The molecule has 0 radical (unpaired) electrons. The third kappa shape index (κ3) is 3.98. The van der Waals surface area contributed by atoms with E-state index in [2.05, 4.69) is 20.9 Å². The number of aliphatic hydroxyl groups is 1. The number of Topliss-reactive ketones (excluding diaryl/α,β-unsaturated/α-hetero) is 1. The second-order valence-electron chi connectivity index (χ2n) is 7.70. The van der Waals surface area contributed by atoms with Crippen LogP contribution < -0.4 is 9.47 Å². The van der Waals surface area contributed by atoms with Gasteiger partial charge >= 0.3 is 0 Å². The topological polar surface area (TPSA) is 89.0 Å². The van der Waals surface area contributed by atoms with E-state index < -0.39 is 17.7 Å². The molecule has 1 unspecified atom stereocenters. The summed E-state index contributed by atoms with van der Waals surface area (Å²) in [5.74, 6) is -0.611. The third-order valence-corrected chi connectivity index (χ3v) is 6.12. The van der Waals surface area contributed by atoms with Gasteiger partial charge in [0, 0.05) is 29.0 Å². The number of aliphatic hydroxyl groups excluding tert-OH is 1. The van der Waals surface area contributed by atoms with Crippen LogP contribution in [0.4, 0.5) is 0 Å². The van der Waals surface area contributed by atoms with Crippen molar-refractivity contribution in [1.82, 2.24) is 9.88 Å². The molecule has 2 aromatic carbocycles. The fraction of sp³-hybridized carbons (Fsp3) is 0.160. The molecule has 8 heteroatoms. The van der Waals surface area contributed by atoms with Crippen LogP contribution in [0.5, 0.6) is 11.5 Å². The number of rotatable bonds is 4. The van der Waals surface area contributed by atoms with E-state index in [1.807, 2.05) is 24.3 Å². The standard InChI is InChI=1S/C25H19BrN2O5/c26-18-3-1-2-16(12-18)22-21(23(29)17-4-5-19-20(13-17)33-11-10-32-19)24(30)25(31)28(22)14-15-6-8-27-9-7-15/h1-9,12-13,22,29H,10-11,14H2/b23-21+. The van der Waals surface area contributed by atoms with Gasteiger partial charge < -0.3 is 19.5 Å². The van der Waals surface area contributed by atoms with Crippen LogP contribution in [0.1, 0.15) is 22.7 Å². The summed E-state index contributed by atoms with van der Waals surface area (Å²) in [4.78, 5) is 31.8. The summed E-state index contributed by atoms with van der Waals surface area (Å²) in [6.45, 7) is 1.04. The van der Waals surface area contributed by atoms with Gasteiger partial charge in [0.2, 0.25) is 0 Å². The maximum atomic E-state index is 13.2. The van der Waals surface area contributed by atoms with E-state index in [-0.39, 0.29) is 17.9 Å². The number of carbonyl (C=O) groups is 2. The van der Waals surface area contributed by atoms with Gasteiger partial charge in [0.1, 0.15) is 19.0 Å². The molecule has 1 aromatic heterocycles. The second-order valence-corrected chi connectivity index (χ2v) is 8.61. The fourth-order valence-corrected chi connectivity index (χ4v) is 4.51. The molecule has 2 aliphatic heterocycles. The molecule has 5 rings (SSSR count). The zero-order valence-corrected chi connectivity index (χ0v) is 19.0. The average molecular weight is 507 g/mol. The third-order valence-electron chi connectivity index (χ3n) is 5.62. The lowest BCUT2D eigenvalue weighted by Gasteiger charge is -2.25. The number of pyridine rings is 1. The summed E-state index contributed by atoms with van der Waals surface area (Å²) in [7, 11) is 0. The molecule has 1 saturated heterocycles. The van der Waals surface area contributed by atoms with Gasteiger partial charge in [0.15, 0.2) is 11.5 Å². The van der Waals surface area contributed by atoms with Crippen molar-refractivity contribution >= 4 is 33.4 Å². The highest BCUT2D eigenvalue weighted by Gasteiger charge is 2.46. The molecule has 1 fully saturated rings. The Kier molecular flexibility index (Phi) is 5.60. The van der Waals surface area contributed by atoms with E-state index >= 15 is 0 Å². The Labute approximate surface area is 198 Å². The Hall–Kier alpha value is -3.65. The lowest BCUT2D eigenvalue weighted by molar-refractivity contribution is -0.140. The monoisotopic (exact) mass is 506 g/mol. The van der Waals surface area contributed by atoms with Gasteiger partial charge in [-0.2, -0.15) is 0 Å². The van der Waals surface area contributed by atoms with Crippen molar-refractivity contribution in [3.63, 3.8) is 0 Å². The first-order chi connectivity index (χ1) is 16.0. The van der Waals surface area contributed by atoms with Gasteiger partial charge in [-0.25, -0.2) is 0 Å². The quantitative estimate of drug-likeness (QED) is 0.323. The van der Waals surface area contributed by atoms with Crippen molar-refractivity contribution in [1.29, 1.82) is 0 Å². The Bertz CT molecular complexity index is 1270. The van der Waals surface area contributed by atoms with E-state index in [0.29, 0.717) is 35.8 Å². The molecule has 166 valence electrons. The van der Waals surface area contributed by atoms with E-state index in [0.717, 1.165) is 10.0 Å². The number of hydrogen-bond acceptors (Lipinski definition) is 6. The Balaban J connectivity index is 1.64. The van der Waals surface area contributed by atoms with E-state index in [9.17, 15) is 14.7 Å².